The van der Waals surface area contributed by atoms with Gasteiger partial charge in [0, 0.05) is 54.1 Å². The first kappa shape index (κ1) is 20.6. The van der Waals surface area contributed by atoms with E-state index in [0.717, 1.165) is 29.4 Å². The van der Waals surface area contributed by atoms with Crippen molar-refractivity contribution in [1.29, 1.82) is 0 Å². The lowest BCUT2D eigenvalue weighted by Gasteiger charge is -2.34. The zero-order chi connectivity index (χ0) is 21.3. The van der Waals surface area contributed by atoms with E-state index in [1.807, 2.05) is 18.2 Å². The molecule has 0 N–H and O–H groups in total. The van der Waals surface area contributed by atoms with E-state index in [1.54, 1.807) is 35.3 Å². The molecule has 0 atom stereocenters. The van der Waals surface area contributed by atoms with Gasteiger partial charge in [-0.3, -0.25) is 19.8 Å². The van der Waals surface area contributed by atoms with Crippen LogP contribution in [0.5, 0.6) is 0 Å². The van der Waals surface area contributed by atoms with Gasteiger partial charge in [0.1, 0.15) is 5.82 Å². The van der Waals surface area contributed by atoms with Gasteiger partial charge in [-0.25, -0.2) is 4.39 Å². The highest BCUT2D eigenvalue weighted by Gasteiger charge is 2.26. The van der Waals surface area contributed by atoms with Crippen molar-refractivity contribution in [3.63, 3.8) is 0 Å². The predicted octanol–water partition coefficient (Wildman–Crippen LogP) is 4.79. The molecular formula is C21H20FN3O3S2. The standard InChI is InChI=1S/C21H20FN3O3S2/c1-14-18(25(27)28)12-20(29-14)21(26)24-10-8-23(9-11-24)13-15-6-7-19(30-15)16-4-2-3-5-17(16)22/h2-7,12H,8-11,13H2,1H3. The first-order chi connectivity index (χ1) is 14.4. The average molecular weight is 446 g/mol. The Labute approximate surface area is 181 Å². The Bertz CT molecular complexity index is 1090. The molecule has 0 unspecified atom stereocenters. The van der Waals surface area contributed by atoms with Gasteiger partial charge in [0.2, 0.25) is 0 Å². The van der Waals surface area contributed by atoms with Crippen molar-refractivity contribution in [3.8, 4) is 10.4 Å². The first-order valence-electron chi connectivity index (χ1n) is 9.52. The van der Waals surface area contributed by atoms with Crippen LogP contribution in [-0.2, 0) is 6.54 Å². The number of nitro groups is 1. The third-order valence-corrected chi connectivity index (χ3v) is 7.27. The maximum absolute atomic E-state index is 14.0. The Balaban J connectivity index is 1.35. The van der Waals surface area contributed by atoms with Gasteiger partial charge in [-0.2, -0.15) is 0 Å². The van der Waals surface area contributed by atoms with Crippen molar-refractivity contribution in [2.45, 2.75) is 13.5 Å². The lowest BCUT2D eigenvalue weighted by atomic mass is 10.2. The average Bonchev–Trinajstić information content (AvgIpc) is 3.35. The normalized spacial score (nSPS) is 14.8. The van der Waals surface area contributed by atoms with E-state index in [-0.39, 0.29) is 17.4 Å². The molecule has 0 saturated carbocycles. The minimum absolute atomic E-state index is 0.00494. The fourth-order valence-electron chi connectivity index (χ4n) is 3.51. The van der Waals surface area contributed by atoms with E-state index in [4.69, 9.17) is 0 Å². The minimum Gasteiger partial charge on any atom is -0.335 e. The van der Waals surface area contributed by atoms with Gasteiger partial charge >= 0.3 is 0 Å². The van der Waals surface area contributed by atoms with Crippen molar-refractivity contribution in [3.05, 3.63) is 73.0 Å². The molecule has 1 aliphatic heterocycles. The van der Waals surface area contributed by atoms with Gasteiger partial charge < -0.3 is 4.90 Å². The third kappa shape index (κ3) is 4.28. The quantitative estimate of drug-likeness (QED) is 0.418. The fraction of sp³-hybridized carbons (Fsp3) is 0.286. The number of carbonyl (C=O) groups is 1. The van der Waals surface area contributed by atoms with Gasteiger partial charge in [-0.05, 0) is 25.1 Å². The number of hydrogen-bond acceptors (Lipinski definition) is 6. The molecule has 0 spiro atoms. The number of nitrogens with zero attached hydrogens (tertiary/aromatic N) is 3. The Morgan fingerprint density at radius 1 is 1.13 bits per heavy atom. The molecule has 0 aliphatic carbocycles. The van der Waals surface area contributed by atoms with Crippen LogP contribution in [0.15, 0.2) is 42.5 Å². The molecular weight excluding hydrogens is 425 g/mol. The number of benzene rings is 1. The van der Waals surface area contributed by atoms with Crippen molar-refractivity contribution in [2.75, 3.05) is 26.2 Å². The number of amides is 1. The molecule has 30 heavy (non-hydrogen) atoms. The second-order valence-corrected chi connectivity index (χ2v) is 9.55. The summed E-state index contributed by atoms with van der Waals surface area (Å²) in [6, 6.07) is 12.1. The van der Waals surface area contributed by atoms with E-state index < -0.39 is 4.92 Å². The van der Waals surface area contributed by atoms with Crippen LogP contribution in [0.25, 0.3) is 10.4 Å². The summed E-state index contributed by atoms with van der Waals surface area (Å²) in [5, 5.41) is 11.0. The van der Waals surface area contributed by atoms with Crippen molar-refractivity contribution in [1.82, 2.24) is 9.80 Å². The SMILES string of the molecule is Cc1sc(C(=O)N2CCN(Cc3ccc(-c4ccccc4F)s3)CC2)cc1[N+](=O)[O-]. The van der Waals surface area contributed by atoms with Gasteiger partial charge in [-0.1, -0.05) is 18.2 Å². The third-order valence-electron chi connectivity index (χ3n) is 5.14. The van der Waals surface area contributed by atoms with Gasteiger partial charge in [0.05, 0.1) is 14.7 Å². The molecule has 2 aromatic heterocycles. The second-order valence-electron chi connectivity index (χ2n) is 7.12. The number of piperazine rings is 1. The number of aryl methyl sites for hydroxylation is 1. The topological polar surface area (TPSA) is 66.7 Å². The zero-order valence-corrected chi connectivity index (χ0v) is 18.0. The Morgan fingerprint density at radius 3 is 2.53 bits per heavy atom. The highest BCUT2D eigenvalue weighted by Crippen LogP contribution is 2.31. The summed E-state index contributed by atoms with van der Waals surface area (Å²) < 4.78 is 14.0. The van der Waals surface area contributed by atoms with E-state index in [0.29, 0.717) is 28.4 Å². The largest absolute Gasteiger partial charge is 0.335 e. The maximum atomic E-state index is 14.0. The Morgan fingerprint density at radius 2 is 1.87 bits per heavy atom. The fourth-order valence-corrected chi connectivity index (χ4v) is 5.55. The minimum atomic E-state index is -0.447. The van der Waals surface area contributed by atoms with Crippen LogP contribution < -0.4 is 0 Å². The zero-order valence-electron chi connectivity index (χ0n) is 16.3. The molecule has 1 aromatic carbocycles. The van der Waals surface area contributed by atoms with E-state index in [1.165, 1.54) is 23.5 Å². The summed E-state index contributed by atoms with van der Waals surface area (Å²) >= 11 is 2.75. The molecule has 1 fully saturated rings. The Kier molecular flexibility index (Phi) is 5.94. The summed E-state index contributed by atoms with van der Waals surface area (Å²) in [6.07, 6.45) is 0. The van der Waals surface area contributed by atoms with Crippen molar-refractivity contribution < 1.29 is 14.1 Å². The monoisotopic (exact) mass is 445 g/mol. The number of halogens is 1. The molecule has 1 saturated heterocycles. The highest BCUT2D eigenvalue weighted by atomic mass is 32.1. The van der Waals surface area contributed by atoms with Crippen LogP contribution in [0.4, 0.5) is 10.1 Å². The molecule has 4 rings (SSSR count). The van der Waals surface area contributed by atoms with E-state index in [9.17, 15) is 19.3 Å². The molecule has 0 radical (unpaired) electrons. The number of rotatable bonds is 5. The van der Waals surface area contributed by atoms with Crippen molar-refractivity contribution in [2.24, 2.45) is 0 Å². The molecule has 1 aliphatic rings. The van der Waals surface area contributed by atoms with Gasteiger partial charge in [0.25, 0.3) is 11.6 Å². The van der Waals surface area contributed by atoms with Crippen LogP contribution in [-0.4, -0.2) is 46.8 Å². The van der Waals surface area contributed by atoms with E-state index in [2.05, 4.69) is 4.90 Å². The summed E-state index contributed by atoms with van der Waals surface area (Å²) in [7, 11) is 0. The van der Waals surface area contributed by atoms with Gasteiger partial charge in [-0.15, -0.1) is 22.7 Å². The maximum Gasteiger partial charge on any atom is 0.283 e. The Hall–Kier alpha value is -2.62. The van der Waals surface area contributed by atoms with Crippen LogP contribution in [0.2, 0.25) is 0 Å². The van der Waals surface area contributed by atoms with E-state index >= 15 is 0 Å². The van der Waals surface area contributed by atoms with Crippen LogP contribution >= 0.6 is 22.7 Å². The van der Waals surface area contributed by atoms with Crippen molar-refractivity contribution >= 4 is 34.3 Å². The molecule has 9 heteroatoms. The van der Waals surface area contributed by atoms with Crippen LogP contribution in [0, 0.1) is 22.9 Å². The summed E-state index contributed by atoms with van der Waals surface area (Å²) in [4.78, 5) is 30.3. The summed E-state index contributed by atoms with van der Waals surface area (Å²) in [5.41, 5.74) is 0.620. The molecule has 3 aromatic rings. The molecule has 3 heterocycles. The van der Waals surface area contributed by atoms with Gasteiger partial charge in [0.15, 0.2) is 0 Å². The lowest BCUT2D eigenvalue weighted by molar-refractivity contribution is -0.385. The van der Waals surface area contributed by atoms with Crippen LogP contribution in [0.1, 0.15) is 19.4 Å². The lowest BCUT2D eigenvalue weighted by Crippen LogP contribution is -2.48. The molecule has 0 bridgehead atoms. The summed E-state index contributed by atoms with van der Waals surface area (Å²) in [6.45, 7) is 5.03. The first-order valence-corrected chi connectivity index (χ1v) is 11.2. The van der Waals surface area contributed by atoms with Crippen LogP contribution in [0.3, 0.4) is 0 Å². The predicted molar refractivity (Wildman–Crippen MR) is 117 cm³/mol. The smallest absolute Gasteiger partial charge is 0.283 e. The number of carbonyl (C=O) groups excluding carboxylic acids is 1. The molecule has 1 amide bonds. The second kappa shape index (κ2) is 8.63. The molecule has 156 valence electrons. The highest BCUT2D eigenvalue weighted by molar-refractivity contribution is 7.15. The number of hydrogen-bond donors (Lipinski definition) is 0. The number of thiophene rings is 2. The summed E-state index contributed by atoms with van der Waals surface area (Å²) in [5.74, 6) is -0.365. The molecule has 6 nitrogen and oxygen atoms in total.